The molecule has 2 heterocycles. The Balaban J connectivity index is 1.66. The zero-order chi connectivity index (χ0) is 18.5. The van der Waals surface area contributed by atoms with Crippen LogP contribution in [0.25, 0.3) is 0 Å². The van der Waals surface area contributed by atoms with Gasteiger partial charge in [0, 0.05) is 30.1 Å². The third kappa shape index (κ3) is 2.44. The number of fused-ring (bicyclic) bond motifs is 2. The van der Waals surface area contributed by atoms with Gasteiger partial charge in [-0.3, -0.25) is 0 Å². The number of rotatable bonds is 3. The van der Waals surface area contributed by atoms with Gasteiger partial charge in [-0.05, 0) is 37.1 Å². The van der Waals surface area contributed by atoms with Crippen LogP contribution in [0, 0.1) is 5.41 Å². The Labute approximate surface area is 151 Å². The highest BCUT2D eigenvalue weighted by Crippen LogP contribution is 2.52. The van der Waals surface area contributed by atoms with Crippen molar-refractivity contribution < 1.29 is 28.2 Å². The Morgan fingerprint density at radius 2 is 2.19 bits per heavy atom. The molecule has 0 aromatic carbocycles. The molecule has 3 atom stereocenters. The van der Waals surface area contributed by atoms with Crippen LogP contribution in [0.3, 0.4) is 0 Å². The van der Waals surface area contributed by atoms with Crippen LogP contribution >= 0.6 is 0 Å². The van der Waals surface area contributed by atoms with Crippen molar-refractivity contribution in [3.05, 3.63) is 58.8 Å². The van der Waals surface area contributed by atoms with E-state index in [1.54, 1.807) is 26.2 Å². The van der Waals surface area contributed by atoms with E-state index in [-0.39, 0.29) is 17.8 Å². The Hall–Kier alpha value is -2.60. The van der Waals surface area contributed by atoms with Gasteiger partial charge >= 0.3 is 11.9 Å². The van der Waals surface area contributed by atoms with Gasteiger partial charge in [-0.1, -0.05) is 13.0 Å². The van der Waals surface area contributed by atoms with Crippen LogP contribution < -0.4 is 0 Å². The van der Waals surface area contributed by atoms with Gasteiger partial charge in [-0.25, -0.2) is 9.59 Å². The average Bonchev–Trinajstić information content (AvgIpc) is 3.23. The van der Waals surface area contributed by atoms with E-state index in [1.807, 2.05) is 12.2 Å². The summed E-state index contributed by atoms with van der Waals surface area (Å²) in [6.07, 6.45) is 5.69. The summed E-state index contributed by atoms with van der Waals surface area (Å²) in [7, 11) is 1.61. The second-order valence-electron chi connectivity index (χ2n) is 7.07. The van der Waals surface area contributed by atoms with E-state index in [0.717, 1.165) is 11.1 Å². The molecule has 2 aliphatic carbocycles. The minimum Gasteiger partial charge on any atom is -0.457 e. The summed E-state index contributed by atoms with van der Waals surface area (Å²) in [5.74, 6) is -0.0239. The lowest BCUT2D eigenvalue weighted by Gasteiger charge is -2.46. The van der Waals surface area contributed by atoms with Crippen molar-refractivity contribution in [2.24, 2.45) is 5.41 Å². The predicted octanol–water partition coefficient (Wildman–Crippen LogP) is 3.32. The lowest BCUT2D eigenvalue weighted by Crippen LogP contribution is -2.49. The topological polar surface area (TPSA) is 75.0 Å². The molecule has 0 saturated carbocycles. The molecule has 0 fully saturated rings. The van der Waals surface area contributed by atoms with Crippen molar-refractivity contribution >= 4 is 11.9 Å². The van der Waals surface area contributed by atoms with Gasteiger partial charge in [0.2, 0.25) is 5.76 Å². The molecule has 4 rings (SSSR count). The number of methoxy groups -OCH3 is 1. The fourth-order valence-corrected chi connectivity index (χ4v) is 4.10. The fourth-order valence-electron chi connectivity index (χ4n) is 4.10. The van der Waals surface area contributed by atoms with Crippen molar-refractivity contribution in [1.29, 1.82) is 0 Å². The molecule has 0 amide bonds. The number of hydrogen-bond donors (Lipinski definition) is 0. The normalized spacial score (nSPS) is 30.2. The maximum atomic E-state index is 12.3. The average molecular weight is 356 g/mol. The van der Waals surface area contributed by atoms with Crippen LogP contribution in [0.5, 0.6) is 0 Å². The maximum Gasteiger partial charge on any atom is 0.374 e. The number of allylic oxidation sites excluding steroid dienone is 2. The monoisotopic (exact) mass is 356 g/mol. The van der Waals surface area contributed by atoms with Crippen LogP contribution in [-0.2, 0) is 19.0 Å². The SMILES string of the molecule is CO[C@H]1[C@@H](OC(=O)c2ccco2)CC=C2C=C3OC(=O)C(C)=C3C[C@@]21C. The summed E-state index contributed by atoms with van der Waals surface area (Å²) in [5.41, 5.74) is 2.14. The molecule has 26 heavy (non-hydrogen) atoms. The van der Waals surface area contributed by atoms with Crippen LogP contribution in [0.1, 0.15) is 37.2 Å². The first-order valence-electron chi connectivity index (χ1n) is 8.56. The highest BCUT2D eigenvalue weighted by atomic mass is 16.6. The smallest absolute Gasteiger partial charge is 0.374 e. The van der Waals surface area contributed by atoms with Gasteiger partial charge in [0.1, 0.15) is 18.0 Å². The fraction of sp³-hybridized carbons (Fsp3) is 0.400. The van der Waals surface area contributed by atoms with Gasteiger partial charge < -0.3 is 18.6 Å². The van der Waals surface area contributed by atoms with Crippen LogP contribution in [0.4, 0.5) is 0 Å². The molecule has 3 aliphatic rings. The van der Waals surface area contributed by atoms with Gasteiger partial charge in [0.05, 0.1) is 6.26 Å². The third-order valence-electron chi connectivity index (χ3n) is 5.52. The minimum atomic E-state index is -0.510. The van der Waals surface area contributed by atoms with Gasteiger partial charge in [-0.2, -0.15) is 0 Å². The second-order valence-corrected chi connectivity index (χ2v) is 7.07. The Morgan fingerprint density at radius 1 is 1.38 bits per heavy atom. The summed E-state index contributed by atoms with van der Waals surface area (Å²) in [6, 6.07) is 3.21. The number of carbonyl (C=O) groups is 2. The highest BCUT2D eigenvalue weighted by molar-refractivity contribution is 5.94. The third-order valence-corrected chi connectivity index (χ3v) is 5.52. The molecular weight excluding hydrogens is 336 g/mol. The molecule has 0 unspecified atom stereocenters. The second kappa shape index (κ2) is 5.99. The number of ether oxygens (including phenoxy) is 3. The van der Waals surface area contributed by atoms with Crippen molar-refractivity contribution in [3.8, 4) is 0 Å². The van der Waals surface area contributed by atoms with Crippen molar-refractivity contribution in [2.75, 3.05) is 7.11 Å². The molecule has 1 aromatic heterocycles. The van der Waals surface area contributed by atoms with E-state index < -0.39 is 17.5 Å². The summed E-state index contributed by atoms with van der Waals surface area (Å²) in [6.45, 7) is 3.84. The van der Waals surface area contributed by atoms with Crippen molar-refractivity contribution in [3.63, 3.8) is 0 Å². The van der Waals surface area contributed by atoms with E-state index in [2.05, 4.69) is 6.92 Å². The minimum absolute atomic E-state index is 0.166. The molecule has 6 heteroatoms. The van der Waals surface area contributed by atoms with Gasteiger partial charge in [-0.15, -0.1) is 0 Å². The maximum absolute atomic E-state index is 12.3. The summed E-state index contributed by atoms with van der Waals surface area (Å²) in [4.78, 5) is 24.2. The zero-order valence-corrected chi connectivity index (χ0v) is 14.9. The van der Waals surface area contributed by atoms with Gasteiger partial charge in [0.15, 0.2) is 0 Å². The molecule has 0 bridgehead atoms. The van der Waals surface area contributed by atoms with Crippen LogP contribution in [0.2, 0.25) is 0 Å². The van der Waals surface area contributed by atoms with Crippen LogP contribution in [0.15, 0.2) is 57.4 Å². The van der Waals surface area contributed by atoms with E-state index in [4.69, 9.17) is 18.6 Å². The molecule has 1 aliphatic heterocycles. The molecule has 0 N–H and O–H groups in total. The zero-order valence-electron chi connectivity index (χ0n) is 14.9. The number of esters is 2. The summed E-state index contributed by atoms with van der Waals surface area (Å²) >= 11 is 0. The first-order valence-corrected chi connectivity index (χ1v) is 8.56. The summed E-state index contributed by atoms with van der Waals surface area (Å²) < 4.78 is 21.9. The standard InChI is InChI=1S/C20H20O6/c1-11-13-10-20(2)12(9-16(13)26-18(11)21)6-7-14(17(20)23-3)25-19(22)15-5-4-8-24-15/h4-6,8-9,14,17H,7,10H2,1-3H3/t14-,17-,20-/m0/s1. The quantitative estimate of drug-likeness (QED) is 0.774. The first-order chi connectivity index (χ1) is 12.4. The van der Waals surface area contributed by atoms with E-state index >= 15 is 0 Å². The van der Waals surface area contributed by atoms with E-state index in [1.165, 1.54) is 6.26 Å². The van der Waals surface area contributed by atoms with Crippen molar-refractivity contribution in [2.45, 2.75) is 38.9 Å². The van der Waals surface area contributed by atoms with E-state index in [0.29, 0.717) is 24.2 Å². The molecular formula is C20H20O6. The Kier molecular flexibility index (Phi) is 3.88. The number of furan rings is 1. The predicted molar refractivity (Wildman–Crippen MR) is 91.0 cm³/mol. The molecule has 1 aromatic rings. The molecule has 0 spiro atoms. The van der Waals surface area contributed by atoms with E-state index in [9.17, 15) is 9.59 Å². The first kappa shape index (κ1) is 16.8. The highest BCUT2D eigenvalue weighted by Gasteiger charge is 2.50. The number of hydrogen-bond acceptors (Lipinski definition) is 6. The van der Waals surface area contributed by atoms with Gasteiger partial charge in [0.25, 0.3) is 0 Å². The Morgan fingerprint density at radius 3 is 2.88 bits per heavy atom. The lowest BCUT2D eigenvalue weighted by atomic mass is 9.64. The molecule has 0 radical (unpaired) electrons. The number of carbonyl (C=O) groups excluding carboxylic acids is 2. The summed E-state index contributed by atoms with van der Waals surface area (Å²) in [5, 5.41) is 0. The molecule has 0 saturated heterocycles. The lowest BCUT2D eigenvalue weighted by molar-refractivity contribution is -0.133. The molecule has 6 nitrogen and oxygen atoms in total. The Bertz CT molecular complexity index is 857. The van der Waals surface area contributed by atoms with Crippen LogP contribution in [-0.4, -0.2) is 31.3 Å². The van der Waals surface area contributed by atoms with Crippen molar-refractivity contribution in [1.82, 2.24) is 0 Å². The molecule has 136 valence electrons. The largest absolute Gasteiger partial charge is 0.457 e.